The Morgan fingerprint density at radius 3 is 2.08 bits per heavy atom. The minimum atomic E-state index is -0.525. The van der Waals surface area contributed by atoms with Crippen molar-refractivity contribution in [3.05, 3.63) is 124 Å². The lowest BCUT2D eigenvalue weighted by atomic mass is 10.1. The normalized spacial score (nSPS) is 16.7. The summed E-state index contributed by atoms with van der Waals surface area (Å²) in [6, 6.07) is 28.3. The number of nitrogens with zero attached hydrogens (tertiary/aromatic N) is 4. The SMILES string of the molecule is COCCN(C(=O)OCC(C)(C)SC)c1cc(COc2cc3c(cc2OC)C(=O)N2c4ccccc4C[C@H]2C=N3)cc(COc2cc3c(cc2OC)C(=O)N2c4ccccc4C[C@H]2CN3)c1. The van der Waals surface area contributed by atoms with Crippen LogP contribution >= 0.6 is 11.8 Å². The van der Waals surface area contributed by atoms with Gasteiger partial charge in [0.25, 0.3) is 11.8 Å². The lowest BCUT2D eigenvalue weighted by molar-refractivity contribution is 0.0976. The number of rotatable bonds is 15. The topological polar surface area (TPSA) is 141 Å². The average Bonchev–Trinajstić information content (AvgIpc) is 3.82. The molecule has 0 radical (unpaired) electrons. The van der Waals surface area contributed by atoms with E-state index in [1.54, 1.807) is 54.0 Å². The van der Waals surface area contributed by atoms with Gasteiger partial charge in [-0.2, -0.15) is 11.8 Å². The second-order valence-corrected chi connectivity index (χ2v) is 18.7. The molecule has 4 aliphatic rings. The van der Waals surface area contributed by atoms with E-state index in [1.165, 1.54) is 7.11 Å². The summed E-state index contributed by atoms with van der Waals surface area (Å²) in [7, 11) is 4.66. The molecule has 3 amide bonds. The Hall–Kier alpha value is -6.71. The molecule has 4 aliphatic heterocycles. The number of ether oxygens (including phenoxy) is 6. The first kappa shape index (κ1) is 44.5. The Bertz CT molecular complexity index is 2720. The summed E-state index contributed by atoms with van der Waals surface area (Å²) in [5, 5.41) is 3.50. The number of amides is 3. The fourth-order valence-electron chi connectivity index (χ4n) is 8.87. The first-order valence-corrected chi connectivity index (χ1v) is 23.1. The second kappa shape index (κ2) is 18.6. The minimum absolute atomic E-state index is 0.0301. The Balaban J connectivity index is 1.01. The molecular weight excluding hydrogens is 859 g/mol. The van der Waals surface area contributed by atoms with Crippen molar-refractivity contribution in [1.29, 1.82) is 0 Å². The first-order chi connectivity index (χ1) is 32.0. The van der Waals surface area contributed by atoms with Gasteiger partial charge in [0.15, 0.2) is 23.0 Å². The molecule has 0 aromatic heterocycles. The van der Waals surface area contributed by atoms with Gasteiger partial charge in [-0.1, -0.05) is 36.4 Å². The number of thioether (sulfide) groups is 1. The number of hydrogen-bond donors (Lipinski definition) is 1. The van der Waals surface area contributed by atoms with Crippen molar-refractivity contribution in [2.75, 3.05) is 73.9 Å². The van der Waals surface area contributed by atoms with Crippen molar-refractivity contribution in [1.82, 2.24) is 0 Å². The van der Waals surface area contributed by atoms with Gasteiger partial charge >= 0.3 is 6.09 Å². The van der Waals surface area contributed by atoms with Crippen LogP contribution < -0.4 is 39.0 Å². The fraction of sp³-hybridized carbons (Fsp3) is 0.333. The number of aliphatic imine (C=N–C) groups is 1. The highest BCUT2D eigenvalue weighted by Crippen LogP contribution is 2.43. The van der Waals surface area contributed by atoms with Crippen LogP contribution in [-0.4, -0.2) is 94.8 Å². The molecule has 5 aromatic carbocycles. The van der Waals surface area contributed by atoms with Crippen molar-refractivity contribution in [2.45, 2.75) is 56.7 Å². The third kappa shape index (κ3) is 8.72. The molecule has 15 heteroatoms. The molecule has 0 saturated carbocycles. The van der Waals surface area contributed by atoms with Gasteiger partial charge in [0.1, 0.15) is 19.8 Å². The van der Waals surface area contributed by atoms with E-state index in [4.69, 9.17) is 33.4 Å². The van der Waals surface area contributed by atoms with Gasteiger partial charge in [-0.15, -0.1) is 0 Å². The number of hydrogen-bond acceptors (Lipinski definition) is 12. The van der Waals surface area contributed by atoms with E-state index in [1.807, 2.05) is 97.9 Å². The molecule has 14 nitrogen and oxygen atoms in total. The third-order valence-electron chi connectivity index (χ3n) is 12.5. The van der Waals surface area contributed by atoms with Crippen LogP contribution in [0.3, 0.4) is 0 Å². The standard InChI is InChI=1S/C51H53N5O9S/c1-51(2,66-6)30-65-50(59)54(15-16-60-3)35-18-31(28-63-46-24-40-38(22-44(46)61-4)48(57)55-36(26-52-40)20-33-11-7-9-13-42(33)55)17-32(19-35)29-64-47-25-41-39(23-45(47)62-5)49(58)56-37(27-53-41)21-34-12-8-10-14-43(34)56/h7-14,17-19,22-26,36-37,53H,15-16,20-21,27-30H2,1-6H3/t36-,37-/m0/s1. The lowest BCUT2D eigenvalue weighted by Crippen LogP contribution is -2.39. The molecule has 0 fully saturated rings. The summed E-state index contributed by atoms with van der Waals surface area (Å²) in [6.07, 6.45) is 4.71. The van der Waals surface area contributed by atoms with Crippen molar-refractivity contribution in [3.8, 4) is 23.0 Å². The molecule has 5 aromatic rings. The van der Waals surface area contributed by atoms with E-state index in [-0.39, 0.29) is 61.6 Å². The molecule has 0 spiro atoms. The average molecular weight is 912 g/mol. The Morgan fingerprint density at radius 1 is 0.788 bits per heavy atom. The van der Waals surface area contributed by atoms with Crippen molar-refractivity contribution < 1.29 is 42.8 Å². The molecule has 66 heavy (non-hydrogen) atoms. The zero-order valence-electron chi connectivity index (χ0n) is 37.9. The quantitative estimate of drug-likeness (QED) is 0.108. The smallest absolute Gasteiger partial charge is 0.414 e. The fourth-order valence-corrected chi connectivity index (χ4v) is 9.05. The minimum Gasteiger partial charge on any atom is -0.493 e. The van der Waals surface area contributed by atoms with Gasteiger partial charge in [-0.25, -0.2) is 4.79 Å². The van der Waals surface area contributed by atoms with Gasteiger partial charge in [0, 0.05) is 60.2 Å². The molecular formula is C51H53N5O9S. The molecule has 1 N–H and O–H groups in total. The second-order valence-electron chi connectivity index (χ2n) is 17.2. The predicted octanol–water partition coefficient (Wildman–Crippen LogP) is 8.88. The number of anilines is 4. The first-order valence-electron chi connectivity index (χ1n) is 21.9. The van der Waals surface area contributed by atoms with E-state index in [0.717, 1.165) is 28.9 Å². The highest BCUT2D eigenvalue weighted by molar-refractivity contribution is 7.99. The van der Waals surface area contributed by atoms with Crippen LogP contribution in [0.4, 0.5) is 33.2 Å². The van der Waals surface area contributed by atoms with Crippen LogP contribution in [0.15, 0.2) is 96.0 Å². The molecule has 9 rings (SSSR count). The zero-order chi connectivity index (χ0) is 46.1. The van der Waals surface area contributed by atoms with Crippen LogP contribution in [0, 0.1) is 0 Å². The van der Waals surface area contributed by atoms with E-state index in [2.05, 4.69) is 11.4 Å². The Labute approximate surface area is 388 Å². The van der Waals surface area contributed by atoms with Gasteiger partial charge in [-0.3, -0.25) is 24.4 Å². The lowest BCUT2D eigenvalue weighted by Gasteiger charge is -2.27. The van der Waals surface area contributed by atoms with Gasteiger partial charge < -0.3 is 38.6 Å². The molecule has 0 saturated heterocycles. The maximum Gasteiger partial charge on any atom is 0.414 e. The summed E-state index contributed by atoms with van der Waals surface area (Å²) < 4.78 is 35.6. The van der Waals surface area contributed by atoms with Crippen LogP contribution in [0.25, 0.3) is 0 Å². The molecule has 0 aliphatic carbocycles. The number of methoxy groups -OCH3 is 3. The summed E-state index contributed by atoms with van der Waals surface area (Å²) in [5.41, 5.74) is 8.04. The highest BCUT2D eigenvalue weighted by atomic mass is 32.2. The van der Waals surface area contributed by atoms with Crippen LogP contribution in [0.2, 0.25) is 0 Å². The highest BCUT2D eigenvalue weighted by Gasteiger charge is 2.39. The number of carbonyl (C=O) groups is 3. The van der Waals surface area contributed by atoms with E-state index in [0.29, 0.717) is 75.3 Å². The number of para-hydroxylation sites is 2. The summed E-state index contributed by atoms with van der Waals surface area (Å²) in [4.78, 5) is 52.1. The number of benzene rings is 5. The molecule has 2 atom stereocenters. The molecule has 0 bridgehead atoms. The van der Waals surface area contributed by atoms with Gasteiger partial charge in [-0.05, 0) is 91.2 Å². The van der Waals surface area contributed by atoms with E-state index in [9.17, 15) is 14.4 Å². The van der Waals surface area contributed by atoms with Crippen molar-refractivity contribution in [3.63, 3.8) is 0 Å². The monoisotopic (exact) mass is 911 g/mol. The number of carbonyl (C=O) groups excluding carboxylic acids is 3. The van der Waals surface area contributed by atoms with Gasteiger partial charge in [0.2, 0.25) is 0 Å². The number of fused-ring (bicyclic) bond motifs is 8. The van der Waals surface area contributed by atoms with Crippen LogP contribution in [-0.2, 0) is 35.5 Å². The molecule has 342 valence electrons. The van der Waals surface area contributed by atoms with Gasteiger partial charge in [0.05, 0.1) is 62.0 Å². The maximum absolute atomic E-state index is 14.1. The Kier molecular flexibility index (Phi) is 12.6. The molecule has 4 heterocycles. The molecule has 0 unspecified atom stereocenters. The predicted molar refractivity (Wildman–Crippen MR) is 257 cm³/mol. The van der Waals surface area contributed by atoms with Crippen LogP contribution in [0.5, 0.6) is 23.0 Å². The maximum atomic E-state index is 14.1. The van der Waals surface area contributed by atoms with Crippen molar-refractivity contribution in [2.24, 2.45) is 4.99 Å². The van der Waals surface area contributed by atoms with E-state index >= 15 is 0 Å². The van der Waals surface area contributed by atoms with Crippen molar-refractivity contribution >= 4 is 64.3 Å². The number of nitrogens with one attached hydrogen (secondary N) is 1. The van der Waals surface area contributed by atoms with E-state index < -0.39 is 6.09 Å². The summed E-state index contributed by atoms with van der Waals surface area (Å²) in [6.45, 7) is 5.39. The van der Waals surface area contributed by atoms with Crippen LogP contribution in [0.1, 0.15) is 56.8 Å². The summed E-state index contributed by atoms with van der Waals surface area (Å²) >= 11 is 1.61. The Morgan fingerprint density at radius 2 is 1.41 bits per heavy atom. The zero-order valence-corrected chi connectivity index (χ0v) is 38.7. The third-order valence-corrected chi connectivity index (χ3v) is 13.7. The summed E-state index contributed by atoms with van der Waals surface area (Å²) in [5.74, 6) is 1.33. The largest absolute Gasteiger partial charge is 0.493 e.